The minimum absolute atomic E-state index is 0.0664. The van der Waals surface area contributed by atoms with E-state index in [2.05, 4.69) is 6.07 Å². The van der Waals surface area contributed by atoms with Crippen molar-refractivity contribution in [2.45, 2.75) is 61.5 Å². The molecule has 0 saturated carbocycles. The monoisotopic (exact) mass is 640 g/mol. The van der Waals surface area contributed by atoms with E-state index in [4.69, 9.17) is 4.74 Å². The maximum absolute atomic E-state index is 14.5. The summed E-state index contributed by atoms with van der Waals surface area (Å²) in [4.78, 5) is 0.354. The molecule has 0 N–H and O–H groups in total. The summed E-state index contributed by atoms with van der Waals surface area (Å²) in [6.07, 6.45) is 0.798. The molecule has 4 aromatic carbocycles. The van der Waals surface area contributed by atoms with Gasteiger partial charge < -0.3 is 4.74 Å². The number of sulfonamides is 1. The molecular weight excluding hydrogens is 605 g/mol. The summed E-state index contributed by atoms with van der Waals surface area (Å²) in [5.74, 6) is 0. The van der Waals surface area contributed by atoms with Gasteiger partial charge in [0.25, 0.3) is 10.0 Å². The summed E-state index contributed by atoms with van der Waals surface area (Å²) in [5.41, 5.74) is 5.32. The van der Waals surface area contributed by atoms with Crippen LogP contribution in [0.5, 0.6) is 0 Å². The van der Waals surface area contributed by atoms with Gasteiger partial charge in [0.05, 0.1) is 33.7 Å². The van der Waals surface area contributed by atoms with Gasteiger partial charge >= 0.3 is 0 Å². The van der Waals surface area contributed by atoms with Crippen LogP contribution in [-0.2, 0) is 36.7 Å². The molecule has 7 nitrogen and oxygen atoms in total. The number of aryl methyl sites for hydroxylation is 3. The minimum atomic E-state index is -4.08. The van der Waals surface area contributed by atoms with Crippen molar-refractivity contribution in [3.8, 4) is 0 Å². The van der Waals surface area contributed by atoms with E-state index >= 15 is 0 Å². The zero-order chi connectivity index (χ0) is 31.6. The number of hydrogen-bond donors (Lipinski definition) is 0. The van der Waals surface area contributed by atoms with Crippen molar-refractivity contribution in [1.82, 2.24) is 8.28 Å². The van der Waals surface area contributed by atoms with Crippen molar-refractivity contribution in [2.24, 2.45) is 0 Å². The van der Waals surface area contributed by atoms with Crippen LogP contribution in [-0.4, -0.2) is 38.3 Å². The van der Waals surface area contributed by atoms with Crippen LogP contribution in [0.2, 0.25) is 0 Å². The second kappa shape index (κ2) is 10.9. The third-order valence-corrected chi connectivity index (χ3v) is 12.9. The van der Waals surface area contributed by atoms with Crippen LogP contribution in [0, 0.1) is 20.8 Å². The van der Waals surface area contributed by atoms with Gasteiger partial charge in [0.1, 0.15) is 0 Å². The molecule has 232 valence electrons. The molecule has 5 aromatic rings. The van der Waals surface area contributed by atoms with E-state index < -0.39 is 25.5 Å². The van der Waals surface area contributed by atoms with Gasteiger partial charge in [-0.25, -0.2) is 20.8 Å². The lowest BCUT2D eigenvalue weighted by Gasteiger charge is -2.47. The standard InChI is InChI=1S/C36H36N2O5S2/c1-25-11-15-29(16-12-25)44(39,40)37-23-33-35(36(24-37)19-20-43-34(22-36)28-8-6-7-27(3)21-28)31-9-4-5-10-32(31)38(33)45(41,42)30-17-13-26(2)14-18-30/h4-18,21,34H,19-20,22-24H2,1-3H3. The van der Waals surface area contributed by atoms with Gasteiger partial charge in [0.15, 0.2) is 0 Å². The average Bonchev–Trinajstić information content (AvgIpc) is 3.38. The predicted molar refractivity (Wildman–Crippen MR) is 175 cm³/mol. The number of fused-ring (bicyclic) bond motifs is 4. The molecule has 2 atom stereocenters. The molecule has 0 amide bonds. The number of benzene rings is 4. The van der Waals surface area contributed by atoms with Crippen LogP contribution in [0.1, 0.15) is 52.5 Å². The lowest BCUT2D eigenvalue weighted by atomic mass is 9.69. The fourth-order valence-electron chi connectivity index (χ4n) is 7.13. The van der Waals surface area contributed by atoms with Crippen LogP contribution >= 0.6 is 0 Å². The van der Waals surface area contributed by atoms with E-state index in [1.807, 2.05) is 63.2 Å². The Hall–Kier alpha value is -3.76. The summed E-state index contributed by atoms with van der Waals surface area (Å²) in [6.45, 7) is 6.45. The molecule has 2 aliphatic rings. The Morgan fingerprint density at radius 1 is 0.733 bits per heavy atom. The first-order valence-corrected chi connectivity index (χ1v) is 18.1. The van der Waals surface area contributed by atoms with E-state index in [0.717, 1.165) is 33.2 Å². The first-order chi connectivity index (χ1) is 21.5. The third kappa shape index (κ3) is 5.02. The molecule has 2 aliphatic heterocycles. The van der Waals surface area contributed by atoms with Crippen molar-refractivity contribution < 1.29 is 21.6 Å². The fourth-order valence-corrected chi connectivity index (χ4v) is 10.2. The first-order valence-electron chi connectivity index (χ1n) is 15.2. The van der Waals surface area contributed by atoms with Gasteiger partial charge in [-0.2, -0.15) is 4.31 Å². The van der Waals surface area contributed by atoms with Crippen molar-refractivity contribution in [1.29, 1.82) is 0 Å². The Kier molecular flexibility index (Phi) is 7.28. The zero-order valence-corrected chi connectivity index (χ0v) is 27.2. The predicted octanol–water partition coefficient (Wildman–Crippen LogP) is 6.80. The molecule has 1 spiro atoms. The first kappa shape index (κ1) is 29.9. The smallest absolute Gasteiger partial charge is 0.268 e. The molecule has 0 aliphatic carbocycles. The lowest BCUT2D eigenvalue weighted by molar-refractivity contribution is -0.0300. The molecule has 3 heterocycles. The molecular formula is C36H36N2O5S2. The quantitative estimate of drug-likeness (QED) is 0.211. The summed E-state index contributed by atoms with van der Waals surface area (Å²) in [7, 11) is -8.05. The third-order valence-electron chi connectivity index (χ3n) is 9.37. The highest BCUT2D eigenvalue weighted by Gasteiger charge is 2.50. The number of ether oxygens (including phenoxy) is 1. The van der Waals surface area contributed by atoms with Crippen molar-refractivity contribution in [3.05, 3.63) is 131 Å². The summed E-state index contributed by atoms with van der Waals surface area (Å²) in [6, 6.07) is 29.4. The van der Waals surface area contributed by atoms with Crippen molar-refractivity contribution >= 4 is 30.9 Å². The molecule has 1 aromatic heterocycles. The molecule has 1 saturated heterocycles. The summed E-state index contributed by atoms with van der Waals surface area (Å²) in [5, 5.41) is 0.834. The van der Waals surface area contributed by atoms with E-state index in [0.29, 0.717) is 30.7 Å². The Bertz CT molecular complexity index is 2140. The van der Waals surface area contributed by atoms with Gasteiger partial charge in [0.2, 0.25) is 10.0 Å². The van der Waals surface area contributed by atoms with Gasteiger partial charge in [0, 0.05) is 24.0 Å². The van der Waals surface area contributed by atoms with Crippen LogP contribution in [0.4, 0.5) is 0 Å². The van der Waals surface area contributed by atoms with E-state index in [-0.39, 0.29) is 29.0 Å². The Morgan fingerprint density at radius 2 is 1.38 bits per heavy atom. The number of aromatic nitrogens is 1. The van der Waals surface area contributed by atoms with E-state index in [1.165, 1.54) is 8.28 Å². The van der Waals surface area contributed by atoms with Crippen LogP contribution in [0.3, 0.4) is 0 Å². The maximum Gasteiger partial charge on any atom is 0.268 e. The van der Waals surface area contributed by atoms with Crippen LogP contribution in [0.25, 0.3) is 10.9 Å². The van der Waals surface area contributed by atoms with Crippen molar-refractivity contribution in [2.75, 3.05) is 13.2 Å². The second-order valence-corrected chi connectivity index (χ2v) is 16.2. The van der Waals surface area contributed by atoms with Gasteiger partial charge in [-0.3, -0.25) is 0 Å². The Morgan fingerprint density at radius 3 is 2.04 bits per heavy atom. The highest BCUT2D eigenvalue weighted by molar-refractivity contribution is 7.90. The lowest BCUT2D eigenvalue weighted by Crippen LogP contribution is -2.51. The minimum Gasteiger partial charge on any atom is -0.373 e. The summed E-state index contributed by atoms with van der Waals surface area (Å²) < 4.78 is 67.0. The Balaban J connectivity index is 1.48. The highest BCUT2D eigenvalue weighted by Crippen LogP contribution is 2.51. The maximum atomic E-state index is 14.5. The van der Waals surface area contributed by atoms with E-state index in [1.54, 1.807) is 48.5 Å². The largest absolute Gasteiger partial charge is 0.373 e. The molecule has 9 heteroatoms. The molecule has 7 rings (SSSR count). The SMILES string of the molecule is Cc1ccc(S(=O)(=O)N2Cc3c(c4ccccc4n3S(=O)(=O)c3ccc(C)cc3)C3(CCOC(c4cccc(C)c4)C3)C2)cc1. The summed E-state index contributed by atoms with van der Waals surface area (Å²) >= 11 is 0. The van der Waals surface area contributed by atoms with Gasteiger partial charge in [-0.15, -0.1) is 0 Å². The van der Waals surface area contributed by atoms with Gasteiger partial charge in [-0.1, -0.05) is 83.4 Å². The molecule has 0 bridgehead atoms. The molecule has 45 heavy (non-hydrogen) atoms. The Labute approximate surface area is 265 Å². The number of hydrogen-bond acceptors (Lipinski definition) is 5. The zero-order valence-electron chi connectivity index (χ0n) is 25.6. The number of nitrogens with zero attached hydrogens (tertiary/aromatic N) is 2. The topological polar surface area (TPSA) is 85.7 Å². The van der Waals surface area contributed by atoms with Crippen LogP contribution in [0.15, 0.2) is 107 Å². The van der Waals surface area contributed by atoms with E-state index in [9.17, 15) is 16.8 Å². The van der Waals surface area contributed by atoms with Crippen LogP contribution < -0.4 is 0 Å². The molecule has 0 radical (unpaired) electrons. The van der Waals surface area contributed by atoms with Gasteiger partial charge in [-0.05, 0) is 75.1 Å². The fraction of sp³-hybridized carbons (Fsp3) is 0.278. The van der Waals surface area contributed by atoms with Crippen molar-refractivity contribution in [3.63, 3.8) is 0 Å². The normalized spacial score (nSPS) is 20.8. The molecule has 1 fully saturated rings. The highest BCUT2D eigenvalue weighted by atomic mass is 32.2. The molecule has 2 unspecified atom stereocenters. The second-order valence-electron chi connectivity index (χ2n) is 12.5. The number of para-hydroxylation sites is 1. The number of rotatable bonds is 5. The average molecular weight is 641 g/mol.